The van der Waals surface area contributed by atoms with Crippen LogP contribution < -0.4 is 0 Å². The van der Waals surface area contributed by atoms with Crippen molar-refractivity contribution in [3.05, 3.63) is 0 Å². The van der Waals surface area contributed by atoms with Crippen molar-refractivity contribution in [2.45, 2.75) is 48.0 Å². The van der Waals surface area contributed by atoms with E-state index in [4.69, 9.17) is 0 Å². The summed E-state index contributed by atoms with van der Waals surface area (Å²) in [5.41, 5.74) is 0. The van der Waals surface area contributed by atoms with E-state index in [1.165, 1.54) is 6.42 Å². The normalized spacial score (nSPS) is 16.4. The summed E-state index contributed by atoms with van der Waals surface area (Å²) in [6, 6.07) is 0. The molecule has 0 aromatic carbocycles. The maximum absolute atomic E-state index is 2.57. The molecule has 0 aromatic heterocycles. The molecular formula is C13H27P. The Morgan fingerprint density at radius 3 is 2.00 bits per heavy atom. The predicted octanol–water partition coefficient (Wildman–Crippen LogP) is 4.43. The molecule has 1 heteroatoms. The zero-order valence-electron chi connectivity index (χ0n) is 11.0. The fourth-order valence-electron chi connectivity index (χ4n) is 1.39. The third-order valence-electron chi connectivity index (χ3n) is 2.82. The first kappa shape index (κ1) is 14.0. The molecule has 0 bridgehead atoms. The highest BCUT2D eigenvalue weighted by molar-refractivity contribution is 7.57. The Balaban J connectivity index is 4.62. The summed E-state index contributed by atoms with van der Waals surface area (Å²) in [6.07, 6.45) is 1.30. The quantitative estimate of drug-likeness (QED) is 0.607. The van der Waals surface area contributed by atoms with Crippen molar-refractivity contribution in [3.8, 4) is 0 Å². The van der Waals surface area contributed by atoms with E-state index in [-0.39, 0.29) is 7.17 Å². The molecule has 0 spiro atoms. The van der Waals surface area contributed by atoms with E-state index in [1.807, 2.05) is 0 Å². The van der Waals surface area contributed by atoms with Gasteiger partial charge < -0.3 is 0 Å². The Morgan fingerprint density at radius 1 is 1.14 bits per heavy atom. The summed E-state index contributed by atoms with van der Waals surface area (Å²) in [5, 5.41) is 1.70. The van der Waals surface area contributed by atoms with Crippen LogP contribution in [-0.2, 0) is 0 Å². The molecule has 2 unspecified atom stereocenters. The summed E-state index contributed by atoms with van der Waals surface area (Å²) in [7, 11) is 0.0455. The maximum Gasteiger partial charge on any atom is -0.0199 e. The molecule has 84 valence electrons. The van der Waals surface area contributed by atoms with Crippen molar-refractivity contribution in [3.63, 3.8) is 0 Å². The van der Waals surface area contributed by atoms with Gasteiger partial charge in [0, 0.05) is 0 Å². The Labute approximate surface area is 91.1 Å². The first-order chi connectivity index (χ1) is 6.34. The smallest absolute Gasteiger partial charge is 0.0199 e. The average molecular weight is 214 g/mol. The Bertz CT molecular complexity index is 240. The van der Waals surface area contributed by atoms with Crippen LogP contribution in [0.3, 0.4) is 0 Å². The van der Waals surface area contributed by atoms with Crippen LogP contribution in [0.1, 0.15) is 48.0 Å². The monoisotopic (exact) mass is 214 g/mol. The standard InChI is InChI=1S/C13H27P/c1-10(2)8-13(6)14(7)9-12(5)11(3)4/h9-12H,8H2,1-7H3. The van der Waals surface area contributed by atoms with E-state index in [0.29, 0.717) is 0 Å². The van der Waals surface area contributed by atoms with E-state index in [2.05, 4.69) is 54.0 Å². The number of hydrogen-bond donors (Lipinski definition) is 0. The molecule has 0 radical (unpaired) electrons. The van der Waals surface area contributed by atoms with Crippen molar-refractivity contribution in [2.24, 2.45) is 17.8 Å². The Kier molecular flexibility index (Phi) is 6.53. The van der Waals surface area contributed by atoms with Gasteiger partial charge in [0.1, 0.15) is 0 Å². The molecule has 0 saturated carbocycles. The van der Waals surface area contributed by atoms with Gasteiger partial charge in [-0.2, -0.15) is 0 Å². The molecule has 0 aliphatic heterocycles. The van der Waals surface area contributed by atoms with Crippen LogP contribution in [0.4, 0.5) is 0 Å². The van der Waals surface area contributed by atoms with Crippen LogP contribution in [0, 0.1) is 17.8 Å². The van der Waals surface area contributed by atoms with Crippen molar-refractivity contribution < 1.29 is 0 Å². The van der Waals surface area contributed by atoms with E-state index in [0.717, 1.165) is 17.8 Å². The molecule has 0 nitrogen and oxygen atoms in total. The SMILES string of the molecule is C/C(CC(C)C)=P(/C)=C\C(C)C(C)C. The second kappa shape index (κ2) is 6.51. The third-order valence-corrected chi connectivity index (χ3v) is 5.12. The highest BCUT2D eigenvalue weighted by Crippen LogP contribution is 2.17. The van der Waals surface area contributed by atoms with Crippen molar-refractivity contribution in [1.82, 2.24) is 0 Å². The van der Waals surface area contributed by atoms with Crippen LogP contribution in [0.25, 0.3) is 0 Å². The largest absolute Gasteiger partial charge is 0.133 e. The summed E-state index contributed by atoms with van der Waals surface area (Å²) in [4.78, 5) is 0. The summed E-state index contributed by atoms with van der Waals surface area (Å²) in [5.74, 6) is 4.92. The summed E-state index contributed by atoms with van der Waals surface area (Å²) >= 11 is 0. The van der Waals surface area contributed by atoms with Crippen LogP contribution in [0.15, 0.2) is 0 Å². The molecule has 0 fully saturated rings. The van der Waals surface area contributed by atoms with E-state index >= 15 is 0 Å². The molecule has 0 aliphatic carbocycles. The maximum atomic E-state index is 2.57. The molecule has 0 heterocycles. The lowest BCUT2D eigenvalue weighted by atomic mass is 10.0. The molecule has 0 aromatic rings. The molecule has 0 aliphatic rings. The number of rotatable bonds is 4. The molecule has 14 heavy (non-hydrogen) atoms. The van der Waals surface area contributed by atoms with Gasteiger partial charge in [0.25, 0.3) is 0 Å². The molecule has 2 atom stereocenters. The molecule has 0 rings (SSSR count). The first-order valence-electron chi connectivity index (χ1n) is 5.74. The average Bonchev–Trinajstić information content (AvgIpc) is 2.02. The van der Waals surface area contributed by atoms with Gasteiger partial charge in [0.2, 0.25) is 0 Å². The lowest BCUT2D eigenvalue weighted by molar-refractivity contribution is 0.544. The fourth-order valence-corrected chi connectivity index (χ4v) is 3.34. The van der Waals surface area contributed by atoms with Crippen molar-refractivity contribution >= 4 is 18.3 Å². The minimum Gasteiger partial charge on any atom is -0.133 e. The van der Waals surface area contributed by atoms with E-state index < -0.39 is 0 Å². The van der Waals surface area contributed by atoms with Gasteiger partial charge in [0.15, 0.2) is 0 Å². The Morgan fingerprint density at radius 2 is 1.64 bits per heavy atom. The predicted molar refractivity (Wildman–Crippen MR) is 73.0 cm³/mol. The Hall–Kier alpha value is 0.0400. The first-order valence-corrected chi connectivity index (χ1v) is 7.60. The summed E-state index contributed by atoms with van der Waals surface area (Å²) in [6.45, 7) is 16.3. The fraction of sp³-hybridized carbons (Fsp3) is 0.846. The minimum absolute atomic E-state index is 0.0455. The van der Waals surface area contributed by atoms with Crippen LogP contribution >= 0.6 is 7.17 Å². The molecule has 0 saturated heterocycles. The molecule has 0 amide bonds. The van der Waals surface area contributed by atoms with Gasteiger partial charge in [-0.1, -0.05) is 45.7 Å². The zero-order chi connectivity index (χ0) is 11.3. The van der Waals surface area contributed by atoms with Gasteiger partial charge in [-0.3, -0.25) is 0 Å². The number of hydrogen-bond acceptors (Lipinski definition) is 0. The minimum atomic E-state index is 0.0455. The van der Waals surface area contributed by atoms with Gasteiger partial charge in [-0.05, 0) is 37.8 Å². The van der Waals surface area contributed by atoms with Crippen LogP contribution in [0.5, 0.6) is 0 Å². The molecule has 0 N–H and O–H groups in total. The van der Waals surface area contributed by atoms with Gasteiger partial charge in [0.05, 0.1) is 0 Å². The van der Waals surface area contributed by atoms with E-state index in [1.54, 1.807) is 5.29 Å². The second-order valence-electron chi connectivity index (χ2n) is 5.20. The van der Waals surface area contributed by atoms with Crippen LogP contribution in [0.2, 0.25) is 0 Å². The van der Waals surface area contributed by atoms with Crippen LogP contribution in [-0.4, -0.2) is 17.8 Å². The lowest BCUT2D eigenvalue weighted by Gasteiger charge is -2.11. The summed E-state index contributed by atoms with van der Waals surface area (Å²) < 4.78 is 0. The van der Waals surface area contributed by atoms with Gasteiger partial charge >= 0.3 is 0 Å². The van der Waals surface area contributed by atoms with Gasteiger partial charge in [-0.25, -0.2) is 0 Å². The highest BCUT2D eigenvalue weighted by atomic mass is 31.1. The van der Waals surface area contributed by atoms with Gasteiger partial charge in [-0.15, -0.1) is 7.17 Å². The second-order valence-corrected chi connectivity index (χ2v) is 7.48. The third kappa shape index (κ3) is 5.70. The topological polar surface area (TPSA) is 0 Å². The lowest BCUT2D eigenvalue weighted by Crippen LogP contribution is -2.04. The van der Waals surface area contributed by atoms with Crippen molar-refractivity contribution in [2.75, 3.05) is 6.66 Å². The highest BCUT2D eigenvalue weighted by Gasteiger charge is 2.03. The zero-order valence-corrected chi connectivity index (χ0v) is 11.9. The van der Waals surface area contributed by atoms with Crippen molar-refractivity contribution in [1.29, 1.82) is 0 Å². The molecular weight excluding hydrogens is 187 g/mol. The van der Waals surface area contributed by atoms with E-state index in [9.17, 15) is 0 Å².